The molecule has 0 fully saturated rings. The third kappa shape index (κ3) is 5.74. The van der Waals surface area contributed by atoms with Crippen molar-refractivity contribution in [1.29, 1.82) is 5.26 Å². The van der Waals surface area contributed by atoms with Crippen molar-refractivity contribution in [2.75, 3.05) is 13.2 Å². The zero-order valence-corrected chi connectivity index (χ0v) is 21.7. The van der Waals surface area contributed by atoms with Crippen LogP contribution in [-0.4, -0.2) is 33.3 Å². The minimum absolute atomic E-state index is 0. The lowest BCUT2D eigenvalue weighted by Gasteiger charge is -2.13. The van der Waals surface area contributed by atoms with Crippen LogP contribution in [0.1, 0.15) is 18.7 Å². The van der Waals surface area contributed by atoms with E-state index in [9.17, 15) is 10.1 Å². The Morgan fingerprint density at radius 2 is 1.82 bits per heavy atom. The fraction of sp³-hybridized carbons (Fsp3) is 0.143. The summed E-state index contributed by atoms with van der Waals surface area (Å²) in [6.45, 7) is 0.0866. The maximum absolute atomic E-state index is 12.8. The third-order valence-electron chi connectivity index (χ3n) is 5.49. The lowest BCUT2D eigenvalue weighted by atomic mass is 9.97. The van der Waals surface area contributed by atoms with E-state index in [0.717, 1.165) is 16.3 Å². The highest BCUT2D eigenvalue weighted by atomic mass is 35.5. The molecule has 0 radical (unpaired) electrons. The fourth-order valence-electron chi connectivity index (χ4n) is 3.82. The number of hydrogen-bond donors (Lipinski definition) is 2. The Morgan fingerprint density at radius 3 is 2.53 bits per heavy atom. The van der Waals surface area contributed by atoms with Gasteiger partial charge < -0.3 is 14.8 Å². The molecule has 0 saturated heterocycles. The number of H-pyrrole nitrogens is 1. The number of thioether (sulfide) groups is 1. The summed E-state index contributed by atoms with van der Waals surface area (Å²) in [5, 5.41) is 23.6. The quantitative estimate of drug-likeness (QED) is 0.206. The first-order valence-electron chi connectivity index (χ1n) is 11.2. The zero-order valence-electron chi connectivity index (χ0n) is 19.3. The number of aliphatic hydroxyl groups excluding tert-OH is 1. The van der Waals surface area contributed by atoms with Crippen molar-refractivity contribution in [2.45, 2.75) is 18.2 Å². The van der Waals surface area contributed by atoms with Crippen LogP contribution in [0.2, 0.25) is 5.02 Å². The van der Waals surface area contributed by atoms with E-state index in [-0.39, 0.29) is 26.2 Å². The van der Waals surface area contributed by atoms with E-state index >= 15 is 0 Å². The van der Waals surface area contributed by atoms with Gasteiger partial charge in [-0.3, -0.25) is 4.79 Å². The monoisotopic (exact) mass is 562 g/mol. The molecule has 2 aromatic carbocycles. The van der Waals surface area contributed by atoms with E-state index in [1.807, 2.05) is 29.6 Å². The van der Waals surface area contributed by atoms with Crippen molar-refractivity contribution in [2.24, 2.45) is 0 Å². The summed E-state index contributed by atoms with van der Waals surface area (Å²) >= 11 is 8.94. The molecule has 2 N–H and O–H groups in total. The van der Waals surface area contributed by atoms with E-state index in [0.29, 0.717) is 49.1 Å². The average molecular weight is 563 g/mol. The third-order valence-corrected chi connectivity index (χ3v) is 7.69. The second-order valence-corrected chi connectivity index (χ2v) is 10.1. The molecule has 3 aromatic heterocycles. The van der Waals surface area contributed by atoms with Crippen molar-refractivity contribution in [3.63, 3.8) is 0 Å². The average Bonchev–Trinajstić information content (AvgIpc) is 3.40. The van der Waals surface area contributed by atoms with Gasteiger partial charge in [0.1, 0.15) is 28.5 Å². The number of fused-ring (bicyclic) bond motifs is 1. The summed E-state index contributed by atoms with van der Waals surface area (Å²) < 4.78 is 5.45. The van der Waals surface area contributed by atoms with Gasteiger partial charge in [0.05, 0.1) is 28.8 Å². The Hall–Kier alpha value is -3.68. The number of nitrogens with zero attached hydrogens (tertiary/aromatic N) is 3. The molecule has 0 aliphatic rings. The lowest BCUT2D eigenvalue weighted by molar-refractivity contribution is 0.201. The van der Waals surface area contributed by atoms with Crippen molar-refractivity contribution in [3.05, 3.63) is 92.8 Å². The van der Waals surface area contributed by atoms with Crippen LogP contribution in [0.3, 0.4) is 0 Å². The Kier molecular flexibility index (Phi) is 8.81. The Labute approximate surface area is 232 Å². The first-order valence-corrected chi connectivity index (χ1v) is 13.4. The second kappa shape index (κ2) is 12.2. The highest BCUT2D eigenvalue weighted by molar-refractivity contribution is 7.98. The molecule has 192 valence electrons. The minimum atomic E-state index is -0.319. The van der Waals surface area contributed by atoms with Gasteiger partial charge in [-0.1, -0.05) is 55.1 Å². The van der Waals surface area contributed by atoms with Gasteiger partial charge in [-0.2, -0.15) is 5.26 Å². The summed E-state index contributed by atoms with van der Waals surface area (Å²) in [4.78, 5) is 24.9. The summed E-state index contributed by atoms with van der Waals surface area (Å²) in [5.74, 6) is 1.09. The number of pyridine rings is 2. The molecule has 0 unspecified atom stereocenters. The topological polar surface area (TPSA) is 112 Å². The molecule has 0 saturated carbocycles. The number of halogens is 1. The molecule has 3 heterocycles. The summed E-state index contributed by atoms with van der Waals surface area (Å²) in [7, 11) is 0. The maximum atomic E-state index is 12.8. The fourth-order valence-corrected chi connectivity index (χ4v) is 5.76. The van der Waals surface area contributed by atoms with Gasteiger partial charge in [-0.15, -0.1) is 11.3 Å². The molecule has 0 spiro atoms. The van der Waals surface area contributed by atoms with Crippen LogP contribution in [0.5, 0.6) is 5.75 Å². The number of aromatic nitrogens is 3. The smallest absolute Gasteiger partial charge is 0.258 e. The van der Waals surface area contributed by atoms with Crippen molar-refractivity contribution in [3.8, 4) is 33.5 Å². The van der Waals surface area contributed by atoms with Gasteiger partial charge in [0.15, 0.2) is 0 Å². The van der Waals surface area contributed by atoms with Crippen LogP contribution in [0.4, 0.5) is 0 Å². The van der Waals surface area contributed by atoms with E-state index < -0.39 is 0 Å². The second-order valence-electron chi connectivity index (χ2n) is 7.88. The number of aromatic amines is 1. The Balaban J connectivity index is 0.00000336. The van der Waals surface area contributed by atoms with E-state index in [4.69, 9.17) is 26.4 Å². The minimum Gasteiger partial charge on any atom is -0.491 e. The standard InChI is InChI=1S/C27H19ClN4O3S2.CH4/c28-18-5-1-17(2-6-18)26-31-19(14-36-26)15-37-27-21(13-29)23(24-22(32-27)9-10-30-25(24)34)16-3-7-20(8-4-16)35-12-11-33;/h1-10,14,33H,11-12,15H2,(H,30,34);1H4. The van der Waals surface area contributed by atoms with Gasteiger partial charge in [0.2, 0.25) is 0 Å². The number of ether oxygens (including phenoxy) is 1. The molecule has 0 aliphatic heterocycles. The van der Waals surface area contributed by atoms with Gasteiger partial charge >= 0.3 is 0 Å². The number of thiazole rings is 1. The number of hydrogen-bond acceptors (Lipinski definition) is 8. The summed E-state index contributed by atoms with van der Waals surface area (Å²) in [6.07, 6.45) is 1.55. The van der Waals surface area contributed by atoms with Crippen LogP contribution in [0.25, 0.3) is 32.6 Å². The van der Waals surface area contributed by atoms with Crippen LogP contribution in [0.15, 0.2) is 76.0 Å². The molecule has 5 aromatic rings. The predicted molar refractivity (Wildman–Crippen MR) is 154 cm³/mol. The molecule has 10 heteroatoms. The van der Waals surface area contributed by atoms with Crippen LogP contribution >= 0.6 is 34.7 Å². The van der Waals surface area contributed by atoms with Gasteiger partial charge in [0, 0.05) is 33.5 Å². The van der Waals surface area contributed by atoms with Gasteiger partial charge in [0.25, 0.3) is 5.56 Å². The lowest BCUT2D eigenvalue weighted by Crippen LogP contribution is -2.09. The molecular weight excluding hydrogens is 540 g/mol. The highest BCUT2D eigenvalue weighted by Gasteiger charge is 2.20. The first kappa shape index (κ1) is 27.4. The predicted octanol–water partition coefficient (Wildman–Crippen LogP) is 6.54. The number of rotatable bonds is 8. The highest BCUT2D eigenvalue weighted by Crippen LogP contribution is 2.37. The van der Waals surface area contributed by atoms with Crippen LogP contribution in [0, 0.1) is 11.3 Å². The molecule has 5 rings (SSSR count). The van der Waals surface area contributed by atoms with Crippen molar-refractivity contribution >= 4 is 45.6 Å². The summed E-state index contributed by atoms with van der Waals surface area (Å²) in [6, 6.07) is 18.6. The molecule has 0 atom stereocenters. The van der Waals surface area contributed by atoms with E-state index in [2.05, 4.69) is 16.0 Å². The van der Waals surface area contributed by atoms with E-state index in [1.165, 1.54) is 23.1 Å². The Morgan fingerprint density at radius 1 is 1.08 bits per heavy atom. The van der Waals surface area contributed by atoms with Crippen LogP contribution < -0.4 is 10.3 Å². The largest absolute Gasteiger partial charge is 0.491 e. The van der Waals surface area contributed by atoms with Crippen molar-refractivity contribution < 1.29 is 9.84 Å². The van der Waals surface area contributed by atoms with Crippen molar-refractivity contribution in [1.82, 2.24) is 15.0 Å². The number of nitriles is 1. The Bertz CT molecular complexity index is 1660. The molecular formula is C28H23ClN4O3S2. The van der Waals surface area contributed by atoms with E-state index in [1.54, 1.807) is 36.5 Å². The number of aliphatic hydroxyl groups is 1. The molecule has 7 nitrogen and oxygen atoms in total. The van der Waals surface area contributed by atoms with Gasteiger partial charge in [-0.25, -0.2) is 9.97 Å². The van der Waals surface area contributed by atoms with Crippen LogP contribution in [-0.2, 0) is 5.75 Å². The SMILES string of the molecule is C.N#Cc1c(SCc2csc(-c3ccc(Cl)cc3)n2)nc2cc[nH]c(=O)c2c1-c1ccc(OCCO)cc1. The maximum Gasteiger partial charge on any atom is 0.258 e. The summed E-state index contributed by atoms with van der Waals surface area (Å²) in [5.41, 5.74) is 3.57. The first-order chi connectivity index (χ1) is 18.1. The molecule has 0 bridgehead atoms. The zero-order chi connectivity index (χ0) is 25.8. The number of benzene rings is 2. The molecule has 0 aliphatic carbocycles. The normalized spacial score (nSPS) is 10.7. The molecule has 38 heavy (non-hydrogen) atoms. The molecule has 0 amide bonds. The number of nitrogens with one attached hydrogen (secondary N) is 1. The van der Waals surface area contributed by atoms with Gasteiger partial charge in [-0.05, 0) is 35.9 Å².